The third kappa shape index (κ3) is 8.68. The molecular formula is C23H28N2O4. The molecule has 0 aromatic heterocycles. The molecule has 0 heterocycles. The molecular weight excluding hydrogens is 368 g/mol. The number of amides is 2. The number of hydrogen-bond acceptors (Lipinski definition) is 4. The topological polar surface area (TPSA) is 76.7 Å². The molecule has 6 nitrogen and oxygen atoms in total. The molecule has 2 rings (SSSR count). The fraction of sp³-hybridized carbons (Fsp3) is 0.304. The van der Waals surface area contributed by atoms with Crippen LogP contribution in [0.15, 0.2) is 60.7 Å². The Hall–Kier alpha value is -3.02. The van der Waals surface area contributed by atoms with Crippen LogP contribution in [0.1, 0.15) is 30.4 Å². The highest BCUT2D eigenvalue weighted by Gasteiger charge is 2.19. The molecule has 2 N–H and O–H groups in total. The number of rotatable bonds is 10. The molecule has 0 bridgehead atoms. The fourth-order valence-electron chi connectivity index (χ4n) is 2.70. The van der Waals surface area contributed by atoms with E-state index in [2.05, 4.69) is 24.5 Å². The second-order valence-corrected chi connectivity index (χ2v) is 6.62. The molecule has 2 atom stereocenters. The van der Waals surface area contributed by atoms with Crippen LogP contribution in [0.5, 0.6) is 0 Å². The third-order valence-corrected chi connectivity index (χ3v) is 4.34. The van der Waals surface area contributed by atoms with Gasteiger partial charge in [0, 0.05) is 12.1 Å². The standard InChI is InChI=1S/C23H28N2O4/c1-3-20(24-22(26)28-16-18-11-7-5-8-12-18)15-21(4-2)25-23(27)29-17-19-13-9-6-10-14-19/h5-14,20-21H,1-4,15-17H2,(H,24,26)(H,25,27). The van der Waals surface area contributed by atoms with Crippen molar-refractivity contribution in [1.29, 1.82) is 0 Å². The normalized spacial score (nSPS) is 12.5. The first-order valence-corrected chi connectivity index (χ1v) is 9.63. The van der Waals surface area contributed by atoms with Crippen molar-refractivity contribution in [2.24, 2.45) is 0 Å². The zero-order chi connectivity index (χ0) is 20.9. The predicted octanol–water partition coefficient (Wildman–Crippen LogP) is 4.41. The van der Waals surface area contributed by atoms with E-state index in [1.807, 2.05) is 60.7 Å². The first-order valence-electron chi connectivity index (χ1n) is 9.63. The van der Waals surface area contributed by atoms with Crippen LogP contribution in [0.2, 0.25) is 0 Å². The van der Waals surface area contributed by atoms with Gasteiger partial charge in [0.1, 0.15) is 13.2 Å². The highest BCUT2D eigenvalue weighted by atomic mass is 16.6. The molecule has 0 fully saturated rings. The summed E-state index contributed by atoms with van der Waals surface area (Å²) in [4.78, 5) is 24.1. The van der Waals surface area contributed by atoms with E-state index in [1.165, 1.54) is 0 Å². The van der Waals surface area contributed by atoms with Crippen molar-refractivity contribution in [3.05, 3.63) is 85.6 Å². The largest absolute Gasteiger partial charge is 0.445 e. The molecule has 0 aliphatic heterocycles. The summed E-state index contributed by atoms with van der Waals surface area (Å²) in [6.07, 6.45) is 0.359. The van der Waals surface area contributed by atoms with E-state index >= 15 is 0 Å². The summed E-state index contributed by atoms with van der Waals surface area (Å²) >= 11 is 0. The zero-order valence-electron chi connectivity index (χ0n) is 16.5. The fourth-order valence-corrected chi connectivity index (χ4v) is 2.70. The molecule has 29 heavy (non-hydrogen) atoms. The van der Waals surface area contributed by atoms with E-state index in [4.69, 9.17) is 9.47 Å². The monoisotopic (exact) mass is 396 g/mol. The molecule has 154 valence electrons. The number of benzene rings is 2. The Morgan fingerprint density at radius 1 is 0.724 bits per heavy atom. The van der Waals surface area contributed by atoms with Crippen LogP contribution in [0.4, 0.5) is 9.59 Å². The molecule has 2 aromatic carbocycles. The zero-order valence-corrected chi connectivity index (χ0v) is 16.5. The summed E-state index contributed by atoms with van der Waals surface area (Å²) in [5.41, 5.74) is 1.82. The number of carbonyl (C=O) groups is 2. The Morgan fingerprint density at radius 2 is 1.10 bits per heavy atom. The number of hydrogen-bond donors (Lipinski definition) is 2. The van der Waals surface area contributed by atoms with E-state index in [1.54, 1.807) is 0 Å². The van der Waals surface area contributed by atoms with Gasteiger partial charge in [0.25, 0.3) is 0 Å². The van der Waals surface area contributed by atoms with E-state index in [0.29, 0.717) is 19.3 Å². The van der Waals surface area contributed by atoms with Crippen molar-refractivity contribution in [1.82, 2.24) is 10.6 Å². The van der Waals surface area contributed by atoms with Crippen molar-refractivity contribution in [3.63, 3.8) is 0 Å². The van der Waals surface area contributed by atoms with Crippen LogP contribution >= 0.6 is 0 Å². The number of nitrogens with one attached hydrogen (secondary N) is 2. The van der Waals surface area contributed by atoms with Crippen LogP contribution in [0.25, 0.3) is 0 Å². The summed E-state index contributed by atoms with van der Waals surface area (Å²) in [5, 5.41) is 5.58. The Morgan fingerprint density at radius 3 is 1.45 bits per heavy atom. The highest BCUT2D eigenvalue weighted by molar-refractivity contribution is 5.68. The molecule has 2 aromatic rings. The van der Waals surface area contributed by atoms with E-state index in [0.717, 1.165) is 11.1 Å². The summed E-state index contributed by atoms with van der Waals surface area (Å²) < 4.78 is 10.5. The van der Waals surface area contributed by atoms with Crippen LogP contribution in [0, 0.1) is 13.8 Å². The van der Waals surface area contributed by atoms with Crippen LogP contribution in [-0.2, 0) is 22.7 Å². The lowest BCUT2D eigenvalue weighted by molar-refractivity contribution is 0.130. The van der Waals surface area contributed by atoms with Gasteiger partial charge in [-0.3, -0.25) is 0 Å². The molecule has 6 heteroatoms. The van der Waals surface area contributed by atoms with Gasteiger partial charge in [-0.25, -0.2) is 9.59 Å². The SMILES string of the molecule is [CH2]CC(CC(C[CH2])NC(=O)OCc1ccccc1)NC(=O)OCc1ccccc1. The average molecular weight is 396 g/mol. The van der Waals surface area contributed by atoms with Gasteiger partial charge in [-0.2, -0.15) is 0 Å². The van der Waals surface area contributed by atoms with Gasteiger partial charge in [0.15, 0.2) is 0 Å². The van der Waals surface area contributed by atoms with E-state index in [-0.39, 0.29) is 25.3 Å². The maximum atomic E-state index is 12.0. The predicted molar refractivity (Wildman–Crippen MR) is 112 cm³/mol. The van der Waals surface area contributed by atoms with Gasteiger partial charge < -0.3 is 20.1 Å². The van der Waals surface area contributed by atoms with Crippen molar-refractivity contribution in [2.45, 2.75) is 44.6 Å². The minimum absolute atomic E-state index is 0.194. The molecule has 0 spiro atoms. The van der Waals surface area contributed by atoms with Crippen LogP contribution in [-0.4, -0.2) is 24.3 Å². The molecule has 2 unspecified atom stereocenters. The van der Waals surface area contributed by atoms with Crippen molar-refractivity contribution in [2.75, 3.05) is 0 Å². The van der Waals surface area contributed by atoms with Crippen LogP contribution < -0.4 is 10.6 Å². The van der Waals surface area contributed by atoms with Crippen molar-refractivity contribution < 1.29 is 19.1 Å². The van der Waals surface area contributed by atoms with Gasteiger partial charge in [-0.1, -0.05) is 74.5 Å². The lowest BCUT2D eigenvalue weighted by Gasteiger charge is -2.23. The smallest absolute Gasteiger partial charge is 0.407 e. The third-order valence-electron chi connectivity index (χ3n) is 4.34. The molecule has 2 radical (unpaired) electrons. The van der Waals surface area contributed by atoms with Gasteiger partial charge in [0.05, 0.1) is 0 Å². The summed E-state index contributed by atoms with van der Waals surface area (Å²) in [6.45, 7) is 8.12. The first-order chi connectivity index (χ1) is 14.1. The quantitative estimate of drug-likeness (QED) is 0.623. The van der Waals surface area contributed by atoms with Crippen molar-refractivity contribution >= 4 is 12.2 Å². The maximum absolute atomic E-state index is 12.0. The lowest BCUT2D eigenvalue weighted by atomic mass is 10.0. The van der Waals surface area contributed by atoms with E-state index < -0.39 is 12.2 Å². The Balaban J connectivity index is 1.74. The van der Waals surface area contributed by atoms with Gasteiger partial charge in [-0.15, -0.1) is 0 Å². The van der Waals surface area contributed by atoms with E-state index in [9.17, 15) is 9.59 Å². The lowest BCUT2D eigenvalue weighted by Crippen LogP contribution is -2.43. The molecule has 0 aliphatic carbocycles. The van der Waals surface area contributed by atoms with Crippen molar-refractivity contribution in [3.8, 4) is 0 Å². The highest BCUT2D eigenvalue weighted by Crippen LogP contribution is 2.08. The Bertz CT molecular complexity index is 674. The first kappa shape index (κ1) is 22.3. The molecule has 0 saturated carbocycles. The molecule has 0 saturated heterocycles. The second kappa shape index (κ2) is 12.4. The Labute approximate surface area is 172 Å². The average Bonchev–Trinajstić information content (AvgIpc) is 2.76. The number of ether oxygens (including phenoxy) is 2. The molecule has 2 amide bonds. The van der Waals surface area contributed by atoms with Gasteiger partial charge >= 0.3 is 12.2 Å². The van der Waals surface area contributed by atoms with Gasteiger partial charge in [0.2, 0.25) is 0 Å². The Kier molecular flexibility index (Phi) is 9.55. The summed E-state index contributed by atoms with van der Waals surface area (Å²) in [7, 11) is 0. The summed E-state index contributed by atoms with van der Waals surface area (Å²) in [5.74, 6) is 0. The second-order valence-electron chi connectivity index (χ2n) is 6.62. The minimum atomic E-state index is -0.517. The van der Waals surface area contributed by atoms with Gasteiger partial charge in [-0.05, 0) is 30.4 Å². The minimum Gasteiger partial charge on any atom is -0.445 e. The van der Waals surface area contributed by atoms with Crippen LogP contribution in [0.3, 0.4) is 0 Å². The number of alkyl carbamates (subject to hydrolysis) is 2. The molecule has 0 aliphatic rings. The maximum Gasteiger partial charge on any atom is 0.407 e. The number of carbonyl (C=O) groups excluding carboxylic acids is 2. The summed E-state index contributed by atoms with van der Waals surface area (Å²) in [6, 6.07) is 18.4.